The molecule has 3 aliphatic rings. The van der Waals surface area contributed by atoms with E-state index in [-0.39, 0.29) is 34.4 Å². The Morgan fingerprint density at radius 1 is 1.00 bits per heavy atom. The number of nitrogens with one attached hydrogen (secondary N) is 1. The van der Waals surface area contributed by atoms with E-state index >= 15 is 0 Å². The third-order valence-corrected chi connectivity index (χ3v) is 6.99. The average molecular weight is 418 g/mol. The molecule has 1 saturated heterocycles. The highest BCUT2D eigenvalue weighted by molar-refractivity contribution is 6.01. The zero-order valence-corrected chi connectivity index (χ0v) is 17.5. The smallest absolute Gasteiger partial charge is 0.274 e. The minimum absolute atomic E-state index is 0.0630. The molecule has 3 atom stereocenters. The Hall–Kier alpha value is -3.15. The fraction of sp³-hybridized carbons (Fsp3) is 0.400. The molecule has 1 N–H and O–H groups in total. The summed E-state index contributed by atoms with van der Waals surface area (Å²) in [6.07, 6.45) is 9.65. The molecule has 0 saturated carbocycles. The number of nitrogens with zero attached hydrogens (tertiary/aromatic N) is 2. The average Bonchev–Trinajstić information content (AvgIpc) is 3.13. The standard InChI is InChI=1S/C25H27N3O3/c29-25(27-15-5-1-2-6-16-27)21-13-8-12-19-17-10-7-11-18(17)23(26-24(19)21)20-9-3-4-14-22(20)28(30)31/h3-4,7-10,12-14,17-18,23,26H,1-2,5-6,11,15-16H2. The maximum atomic E-state index is 13.5. The predicted molar refractivity (Wildman–Crippen MR) is 120 cm³/mol. The van der Waals surface area contributed by atoms with Crippen LogP contribution in [0.25, 0.3) is 0 Å². The zero-order chi connectivity index (χ0) is 21.4. The van der Waals surface area contributed by atoms with E-state index in [1.807, 2.05) is 29.2 Å². The van der Waals surface area contributed by atoms with E-state index in [1.54, 1.807) is 12.1 Å². The molecular weight excluding hydrogens is 390 g/mol. The van der Waals surface area contributed by atoms with Crippen molar-refractivity contribution in [2.24, 2.45) is 5.92 Å². The van der Waals surface area contributed by atoms with Gasteiger partial charge in [0.15, 0.2) is 0 Å². The van der Waals surface area contributed by atoms with Crippen molar-refractivity contribution in [3.05, 3.63) is 81.4 Å². The summed E-state index contributed by atoms with van der Waals surface area (Å²) in [5, 5.41) is 15.3. The molecule has 2 heterocycles. The third kappa shape index (κ3) is 3.50. The SMILES string of the molecule is O=C(c1cccc2c1NC(c1ccccc1[N+](=O)[O-])C1CC=CC21)N1CCCCCC1. The van der Waals surface area contributed by atoms with Crippen LogP contribution in [0, 0.1) is 16.0 Å². The summed E-state index contributed by atoms with van der Waals surface area (Å²) >= 11 is 0. The topological polar surface area (TPSA) is 75.5 Å². The van der Waals surface area contributed by atoms with Crippen LogP contribution in [0.3, 0.4) is 0 Å². The molecule has 31 heavy (non-hydrogen) atoms. The number of hydrogen-bond donors (Lipinski definition) is 1. The van der Waals surface area contributed by atoms with E-state index in [4.69, 9.17) is 0 Å². The van der Waals surface area contributed by atoms with Crippen molar-refractivity contribution < 1.29 is 9.72 Å². The number of carbonyl (C=O) groups is 1. The van der Waals surface area contributed by atoms with Gasteiger partial charge in [0, 0.05) is 25.1 Å². The first-order chi connectivity index (χ1) is 15.1. The van der Waals surface area contributed by atoms with Crippen molar-refractivity contribution in [2.45, 2.75) is 44.1 Å². The van der Waals surface area contributed by atoms with Gasteiger partial charge in [0.05, 0.1) is 27.8 Å². The number of allylic oxidation sites excluding steroid dienone is 2. The summed E-state index contributed by atoms with van der Waals surface area (Å²) in [7, 11) is 0. The first-order valence-corrected chi connectivity index (χ1v) is 11.2. The Balaban J connectivity index is 1.57. The molecule has 1 aliphatic carbocycles. The minimum Gasteiger partial charge on any atom is -0.377 e. The molecular formula is C25H27N3O3. The number of rotatable bonds is 3. The fourth-order valence-corrected chi connectivity index (χ4v) is 5.47. The molecule has 6 nitrogen and oxygen atoms in total. The van der Waals surface area contributed by atoms with E-state index in [1.165, 1.54) is 12.8 Å². The number of benzene rings is 2. The lowest BCUT2D eigenvalue weighted by Gasteiger charge is -2.38. The predicted octanol–water partition coefficient (Wildman–Crippen LogP) is 5.44. The lowest BCUT2D eigenvalue weighted by Crippen LogP contribution is -2.35. The number of nitro groups is 1. The maximum absolute atomic E-state index is 13.5. The zero-order valence-electron chi connectivity index (χ0n) is 17.5. The van der Waals surface area contributed by atoms with Crippen molar-refractivity contribution in [2.75, 3.05) is 18.4 Å². The molecule has 0 spiro atoms. The molecule has 1 amide bonds. The van der Waals surface area contributed by atoms with Gasteiger partial charge in [-0.2, -0.15) is 0 Å². The summed E-state index contributed by atoms with van der Waals surface area (Å²) < 4.78 is 0. The second kappa shape index (κ2) is 8.17. The fourth-order valence-electron chi connectivity index (χ4n) is 5.47. The van der Waals surface area contributed by atoms with Gasteiger partial charge >= 0.3 is 0 Å². The largest absolute Gasteiger partial charge is 0.377 e. The third-order valence-electron chi connectivity index (χ3n) is 6.99. The molecule has 0 aromatic heterocycles. The van der Waals surface area contributed by atoms with Gasteiger partial charge < -0.3 is 10.2 Å². The second-order valence-electron chi connectivity index (χ2n) is 8.77. The normalized spacial score (nSPS) is 24.6. The Morgan fingerprint density at radius 2 is 1.74 bits per heavy atom. The Bertz CT molecular complexity index is 1040. The minimum atomic E-state index is -0.307. The van der Waals surface area contributed by atoms with E-state index in [9.17, 15) is 14.9 Å². The van der Waals surface area contributed by atoms with Crippen molar-refractivity contribution in [1.82, 2.24) is 4.90 Å². The number of likely N-dealkylation sites (tertiary alicyclic amines) is 1. The van der Waals surface area contributed by atoms with Crippen LogP contribution >= 0.6 is 0 Å². The van der Waals surface area contributed by atoms with Gasteiger partial charge in [-0.1, -0.05) is 55.3 Å². The number of anilines is 1. The number of fused-ring (bicyclic) bond motifs is 3. The Labute approximate surface area is 182 Å². The quantitative estimate of drug-likeness (QED) is 0.410. The van der Waals surface area contributed by atoms with Crippen LogP contribution in [0.1, 0.15) is 65.5 Å². The maximum Gasteiger partial charge on any atom is 0.274 e. The van der Waals surface area contributed by atoms with Gasteiger partial charge in [0.25, 0.3) is 11.6 Å². The van der Waals surface area contributed by atoms with Crippen LogP contribution in [-0.2, 0) is 0 Å². The Kier molecular flexibility index (Phi) is 5.22. The molecule has 0 radical (unpaired) electrons. The van der Waals surface area contributed by atoms with Gasteiger partial charge in [0.1, 0.15) is 0 Å². The second-order valence-corrected chi connectivity index (χ2v) is 8.77. The molecule has 6 heteroatoms. The van der Waals surface area contributed by atoms with Crippen LogP contribution in [0.2, 0.25) is 0 Å². The molecule has 1 fully saturated rings. The Morgan fingerprint density at radius 3 is 2.52 bits per heavy atom. The van der Waals surface area contributed by atoms with Crippen molar-refractivity contribution in [1.29, 1.82) is 0 Å². The summed E-state index contributed by atoms with van der Waals surface area (Å²) in [6, 6.07) is 12.7. The summed E-state index contributed by atoms with van der Waals surface area (Å²) in [4.78, 5) is 26.9. The molecule has 3 unspecified atom stereocenters. The van der Waals surface area contributed by atoms with Gasteiger partial charge in [-0.05, 0) is 36.8 Å². The van der Waals surface area contributed by atoms with Gasteiger partial charge in [-0.15, -0.1) is 0 Å². The highest BCUT2D eigenvalue weighted by atomic mass is 16.6. The number of carbonyl (C=O) groups excluding carboxylic acids is 1. The summed E-state index contributed by atoms with van der Waals surface area (Å²) in [5.74, 6) is 0.406. The van der Waals surface area contributed by atoms with Crippen LogP contribution in [0.15, 0.2) is 54.6 Å². The lowest BCUT2D eigenvalue weighted by atomic mass is 9.76. The monoisotopic (exact) mass is 417 g/mol. The van der Waals surface area contributed by atoms with Gasteiger partial charge in [-0.25, -0.2) is 0 Å². The van der Waals surface area contributed by atoms with Crippen molar-refractivity contribution >= 4 is 17.3 Å². The summed E-state index contributed by atoms with van der Waals surface area (Å²) in [6.45, 7) is 1.59. The van der Waals surface area contributed by atoms with Gasteiger partial charge in [-0.3, -0.25) is 14.9 Å². The molecule has 2 aromatic rings. The number of amides is 1. The van der Waals surface area contributed by atoms with Crippen LogP contribution in [0.4, 0.5) is 11.4 Å². The van der Waals surface area contributed by atoms with E-state index in [2.05, 4.69) is 23.5 Å². The number of hydrogen-bond acceptors (Lipinski definition) is 4. The highest BCUT2D eigenvalue weighted by Gasteiger charge is 2.41. The van der Waals surface area contributed by atoms with Crippen LogP contribution < -0.4 is 5.32 Å². The lowest BCUT2D eigenvalue weighted by molar-refractivity contribution is -0.385. The first kappa shape index (κ1) is 19.8. The van der Waals surface area contributed by atoms with E-state index in [0.717, 1.165) is 43.6 Å². The molecule has 2 aliphatic heterocycles. The number of para-hydroxylation sites is 2. The first-order valence-electron chi connectivity index (χ1n) is 11.2. The van der Waals surface area contributed by atoms with Gasteiger partial charge in [0.2, 0.25) is 0 Å². The molecule has 160 valence electrons. The van der Waals surface area contributed by atoms with E-state index < -0.39 is 0 Å². The van der Waals surface area contributed by atoms with E-state index in [0.29, 0.717) is 11.1 Å². The van der Waals surface area contributed by atoms with Crippen molar-refractivity contribution in [3.8, 4) is 0 Å². The molecule has 5 rings (SSSR count). The van der Waals surface area contributed by atoms with Crippen LogP contribution in [0.5, 0.6) is 0 Å². The summed E-state index contributed by atoms with van der Waals surface area (Å²) in [5.41, 5.74) is 3.46. The number of nitro benzene ring substituents is 1. The van der Waals surface area contributed by atoms with Crippen molar-refractivity contribution in [3.63, 3.8) is 0 Å². The molecule has 2 aromatic carbocycles. The highest BCUT2D eigenvalue weighted by Crippen LogP contribution is 2.51. The molecule has 0 bridgehead atoms. The van der Waals surface area contributed by atoms with Crippen LogP contribution in [-0.4, -0.2) is 28.8 Å².